The van der Waals surface area contributed by atoms with Gasteiger partial charge in [0.2, 0.25) is 0 Å². The number of hydrogen-bond donors (Lipinski definition) is 0. The minimum atomic E-state index is -0.0367. The summed E-state index contributed by atoms with van der Waals surface area (Å²) in [6, 6.07) is 2.23. The van der Waals surface area contributed by atoms with Crippen molar-refractivity contribution in [3.05, 3.63) is 23.8 Å². The number of carbonyl (C=O) groups excluding carboxylic acids is 1. The van der Waals surface area contributed by atoms with Crippen LogP contribution in [0.5, 0.6) is 0 Å². The highest BCUT2D eigenvalue weighted by Gasteiger charge is 2.54. The molecular formula is C19H24N4O. The summed E-state index contributed by atoms with van der Waals surface area (Å²) in [7, 11) is 0. The molecule has 0 spiro atoms. The number of nitriles is 1. The van der Waals surface area contributed by atoms with Crippen molar-refractivity contribution in [2.45, 2.75) is 57.4 Å². The van der Waals surface area contributed by atoms with Gasteiger partial charge in [0.1, 0.15) is 6.33 Å². The Morgan fingerprint density at radius 1 is 1.29 bits per heavy atom. The van der Waals surface area contributed by atoms with E-state index in [2.05, 4.69) is 16.0 Å². The van der Waals surface area contributed by atoms with Crippen LogP contribution in [0.2, 0.25) is 0 Å². The first-order valence-corrected chi connectivity index (χ1v) is 9.07. The van der Waals surface area contributed by atoms with Gasteiger partial charge >= 0.3 is 0 Å². The molecule has 0 saturated heterocycles. The van der Waals surface area contributed by atoms with Crippen LogP contribution in [-0.2, 0) is 0 Å². The van der Waals surface area contributed by atoms with Crippen molar-refractivity contribution in [1.82, 2.24) is 14.9 Å². The molecule has 24 heavy (non-hydrogen) atoms. The third-order valence-electron chi connectivity index (χ3n) is 6.41. The minimum absolute atomic E-state index is 0.0188. The SMILES string of the molecule is Cc1ncncc1C(=O)N(CCC#N)C12CC3CC(CC(C3)C1)C2. The quantitative estimate of drug-likeness (QED) is 0.853. The molecular weight excluding hydrogens is 300 g/mol. The Hall–Kier alpha value is -1.96. The van der Waals surface area contributed by atoms with Gasteiger partial charge in [-0.1, -0.05) is 0 Å². The van der Waals surface area contributed by atoms with E-state index in [1.165, 1.54) is 25.6 Å². The van der Waals surface area contributed by atoms with Crippen LogP contribution in [0.1, 0.15) is 61.0 Å². The maximum absolute atomic E-state index is 13.3. The summed E-state index contributed by atoms with van der Waals surface area (Å²) < 4.78 is 0. The molecule has 1 aromatic heterocycles. The molecule has 5 rings (SSSR count). The van der Waals surface area contributed by atoms with Crippen LogP contribution in [0.3, 0.4) is 0 Å². The van der Waals surface area contributed by atoms with Crippen molar-refractivity contribution in [1.29, 1.82) is 5.26 Å². The van der Waals surface area contributed by atoms with Gasteiger partial charge in [0, 0.05) is 18.3 Å². The number of aryl methyl sites for hydroxylation is 1. The van der Waals surface area contributed by atoms with E-state index in [9.17, 15) is 4.79 Å². The first-order chi connectivity index (χ1) is 11.6. The van der Waals surface area contributed by atoms with Gasteiger partial charge < -0.3 is 4.90 Å². The highest BCUT2D eigenvalue weighted by atomic mass is 16.2. The number of carbonyl (C=O) groups is 1. The van der Waals surface area contributed by atoms with Gasteiger partial charge in [-0.2, -0.15) is 5.26 Å². The standard InChI is InChI=1S/C19H24N4O/c1-13-17(11-21-12-22-13)18(24)23(4-2-3-20)19-8-14-5-15(9-19)7-16(6-14)10-19/h11-12,14-16H,2,4-10H2,1H3. The Morgan fingerprint density at radius 2 is 1.92 bits per heavy atom. The fraction of sp³-hybridized carbons (Fsp3) is 0.684. The molecule has 5 nitrogen and oxygen atoms in total. The molecule has 0 N–H and O–H groups in total. The molecule has 0 radical (unpaired) electrons. The lowest BCUT2D eigenvalue weighted by molar-refractivity contribution is -0.0741. The molecule has 0 aromatic carbocycles. The first kappa shape index (κ1) is 15.6. The van der Waals surface area contributed by atoms with Crippen molar-refractivity contribution in [3.63, 3.8) is 0 Å². The summed E-state index contributed by atoms with van der Waals surface area (Å²) in [4.78, 5) is 23.6. The van der Waals surface area contributed by atoms with Gasteiger partial charge in [-0.15, -0.1) is 0 Å². The second-order valence-corrected chi connectivity index (χ2v) is 8.03. The van der Waals surface area contributed by atoms with Crippen molar-refractivity contribution < 1.29 is 4.79 Å². The second kappa shape index (κ2) is 5.84. The smallest absolute Gasteiger partial charge is 0.257 e. The van der Waals surface area contributed by atoms with Gasteiger partial charge in [0.25, 0.3) is 5.91 Å². The zero-order valence-electron chi connectivity index (χ0n) is 14.2. The lowest BCUT2D eigenvalue weighted by Gasteiger charge is -2.60. The summed E-state index contributed by atoms with van der Waals surface area (Å²) in [5, 5.41) is 9.09. The highest BCUT2D eigenvalue weighted by Crippen LogP contribution is 2.58. The molecule has 1 heterocycles. The average Bonchev–Trinajstić information content (AvgIpc) is 2.54. The number of amides is 1. The molecule has 0 aliphatic heterocycles. The Morgan fingerprint density at radius 3 is 2.46 bits per heavy atom. The van der Waals surface area contributed by atoms with Crippen LogP contribution in [0.15, 0.2) is 12.5 Å². The van der Waals surface area contributed by atoms with Crippen LogP contribution in [-0.4, -0.2) is 32.9 Å². The normalized spacial score (nSPS) is 33.2. The van der Waals surface area contributed by atoms with E-state index < -0.39 is 0 Å². The van der Waals surface area contributed by atoms with Gasteiger partial charge in [0.05, 0.1) is 23.7 Å². The van der Waals surface area contributed by atoms with Gasteiger partial charge in [0.15, 0.2) is 0 Å². The Balaban J connectivity index is 1.68. The van der Waals surface area contributed by atoms with E-state index in [0.717, 1.165) is 42.7 Å². The predicted octanol–water partition coefficient (Wildman–Crippen LogP) is 3.11. The van der Waals surface area contributed by atoms with Crippen LogP contribution in [0, 0.1) is 36.0 Å². The molecule has 4 saturated carbocycles. The van der Waals surface area contributed by atoms with E-state index in [-0.39, 0.29) is 11.4 Å². The van der Waals surface area contributed by atoms with Crippen LogP contribution in [0.25, 0.3) is 0 Å². The van der Waals surface area contributed by atoms with E-state index in [1.54, 1.807) is 6.20 Å². The van der Waals surface area contributed by atoms with Crippen molar-refractivity contribution in [3.8, 4) is 6.07 Å². The topological polar surface area (TPSA) is 69.9 Å². The van der Waals surface area contributed by atoms with Crippen LogP contribution >= 0.6 is 0 Å². The largest absolute Gasteiger partial charge is 0.332 e. The molecule has 4 aliphatic rings. The summed E-state index contributed by atoms with van der Waals surface area (Å²) in [6.07, 6.45) is 10.9. The fourth-order valence-corrected chi connectivity index (χ4v) is 5.86. The second-order valence-electron chi connectivity index (χ2n) is 8.03. The molecule has 1 amide bonds. The lowest BCUT2D eigenvalue weighted by atomic mass is 9.52. The number of rotatable bonds is 4. The van der Waals surface area contributed by atoms with Gasteiger partial charge in [-0.25, -0.2) is 9.97 Å². The molecule has 4 bridgehead atoms. The summed E-state index contributed by atoms with van der Waals surface area (Å²) >= 11 is 0. The molecule has 126 valence electrons. The van der Waals surface area contributed by atoms with E-state index >= 15 is 0 Å². The zero-order valence-corrected chi connectivity index (χ0v) is 14.2. The minimum Gasteiger partial charge on any atom is -0.332 e. The van der Waals surface area contributed by atoms with Gasteiger partial charge in [-0.3, -0.25) is 4.79 Å². The molecule has 5 heteroatoms. The molecule has 0 unspecified atom stereocenters. The van der Waals surface area contributed by atoms with Crippen LogP contribution < -0.4 is 0 Å². The Bertz CT molecular complexity index is 658. The molecule has 4 aliphatic carbocycles. The summed E-state index contributed by atoms with van der Waals surface area (Å²) in [5.74, 6) is 2.32. The van der Waals surface area contributed by atoms with Crippen molar-refractivity contribution in [2.75, 3.05) is 6.54 Å². The maximum atomic E-state index is 13.3. The van der Waals surface area contributed by atoms with Crippen LogP contribution in [0.4, 0.5) is 0 Å². The maximum Gasteiger partial charge on any atom is 0.257 e. The fourth-order valence-electron chi connectivity index (χ4n) is 5.86. The summed E-state index contributed by atoms with van der Waals surface area (Å²) in [6.45, 7) is 2.38. The highest BCUT2D eigenvalue weighted by molar-refractivity contribution is 5.95. The number of nitrogens with zero attached hydrogens (tertiary/aromatic N) is 4. The molecule has 4 fully saturated rings. The Labute approximate surface area is 143 Å². The molecule has 0 atom stereocenters. The first-order valence-electron chi connectivity index (χ1n) is 9.07. The lowest BCUT2D eigenvalue weighted by Crippen LogP contribution is -2.61. The summed E-state index contributed by atoms with van der Waals surface area (Å²) in [5.41, 5.74) is 1.28. The third-order valence-corrected chi connectivity index (χ3v) is 6.41. The van der Waals surface area contributed by atoms with Gasteiger partial charge in [-0.05, 0) is 63.2 Å². The number of hydrogen-bond acceptors (Lipinski definition) is 4. The zero-order chi connectivity index (χ0) is 16.7. The Kier molecular flexibility index (Phi) is 3.79. The molecule has 1 aromatic rings. The average molecular weight is 324 g/mol. The monoisotopic (exact) mass is 324 g/mol. The third kappa shape index (κ3) is 2.49. The number of aromatic nitrogens is 2. The predicted molar refractivity (Wildman–Crippen MR) is 88.9 cm³/mol. The van der Waals surface area contributed by atoms with E-state index in [0.29, 0.717) is 18.5 Å². The van der Waals surface area contributed by atoms with E-state index in [1.807, 2.05) is 11.8 Å². The van der Waals surface area contributed by atoms with E-state index in [4.69, 9.17) is 5.26 Å². The van der Waals surface area contributed by atoms with Crippen molar-refractivity contribution in [2.24, 2.45) is 17.8 Å². The van der Waals surface area contributed by atoms with Crippen molar-refractivity contribution >= 4 is 5.91 Å².